The topological polar surface area (TPSA) is 78.9 Å². The molecule has 0 aromatic heterocycles. The number of amides is 2. The molecule has 2 N–H and O–H groups in total. The molecule has 2 amide bonds. The van der Waals surface area contributed by atoms with E-state index in [1.165, 1.54) is 0 Å². The highest BCUT2D eigenvalue weighted by atomic mass is 16.5. The largest absolute Gasteiger partial charge is 0.481 e. The fourth-order valence-corrected chi connectivity index (χ4v) is 1.79. The van der Waals surface area contributed by atoms with E-state index in [9.17, 15) is 9.59 Å². The van der Waals surface area contributed by atoms with Crippen LogP contribution < -0.4 is 5.32 Å². The summed E-state index contributed by atoms with van der Waals surface area (Å²) in [6, 6.07) is -0.208. The summed E-state index contributed by atoms with van der Waals surface area (Å²) in [5, 5.41) is 11.6. The maximum atomic E-state index is 11.8. The smallest absolute Gasteiger partial charge is 0.317 e. The van der Waals surface area contributed by atoms with E-state index in [1.807, 2.05) is 6.92 Å². The van der Waals surface area contributed by atoms with Gasteiger partial charge in [-0.2, -0.15) is 0 Å². The second-order valence-corrected chi connectivity index (χ2v) is 4.36. The standard InChI is InChI=1S/C11H20N2O4/c1-8(17-2)6-12-11(16)13-5-3-4-9(7-13)10(14)15/h8-9H,3-7H2,1-2H3,(H,12,16)(H,14,15)/t8?,9-/m0/s1. The third kappa shape index (κ3) is 4.22. The highest BCUT2D eigenvalue weighted by Gasteiger charge is 2.27. The molecule has 1 saturated heterocycles. The summed E-state index contributed by atoms with van der Waals surface area (Å²) in [6.45, 7) is 3.21. The number of carboxylic acid groups (broad SMARTS) is 1. The van der Waals surface area contributed by atoms with Crippen LogP contribution in [0.15, 0.2) is 0 Å². The third-order valence-corrected chi connectivity index (χ3v) is 3.00. The van der Waals surface area contributed by atoms with Gasteiger partial charge >= 0.3 is 12.0 Å². The van der Waals surface area contributed by atoms with Gasteiger partial charge in [-0.3, -0.25) is 4.79 Å². The molecule has 6 nitrogen and oxygen atoms in total. The zero-order valence-electron chi connectivity index (χ0n) is 10.3. The van der Waals surface area contributed by atoms with E-state index in [2.05, 4.69) is 5.32 Å². The van der Waals surface area contributed by atoms with Crippen LogP contribution in [0.2, 0.25) is 0 Å². The van der Waals surface area contributed by atoms with Gasteiger partial charge < -0.3 is 20.1 Å². The molecule has 1 aliphatic heterocycles. The van der Waals surface area contributed by atoms with Gasteiger partial charge in [0.25, 0.3) is 0 Å². The number of carboxylic acids is 1. The van der Waals surface area contributed by atoms with Gasteiger partial charge in [-0.1, -0.05) is 0 Å². The minimum Gasteiger partial charge on any atom is -0.481 e. The van der Waals surface area contributed by atoms with E-state index in [4.69, 9.17) is 9.84 Å². The number of urea groups is 1. The number of likely N-dealkylation sites (tertiary alicyclic amines) is 1. The van der Waals surface area contributed by atoms with Gasteiger partial charge in [0.05, 0.1) is 12.0 Å². The molecular weight excluding hydrogens is 224 g/mol. The van der Waals surface area contributed by atoms with Crippen LogP contribution in [0.5, 0.6) is 0 Å². The van der Waals surface area contributed by atoms with Crippen molar-refractivity contribution in [3.05, 3.63) is 0 Å². The molecule has 1 fully saturated rings. The fraction of sp³-hybridized carbons (Fsp3) is 0.818. The maximum absolute atomic E-state index is 11.8. The molecule has 17 heavy (non-hydrogen) atoms. The van der Waals surface area contributed by atoms with E-state index in [0.717, 1.165) is 6.42 Å². The van der Waals surface area contributed by atoms with Gasteiger partial charge in [0.1, 0.15) is 0 Å². The minimum atomic E-state index is -0.826. The van der Waals surface area contributed by atoms with Crippen LogP contribution in [-0.2, 0) is 9.53 Å². The lowest BCUT2D eigenvalue weighted by molar-refractivity contribution is -0.143. The van der Waals surface area contributed by atoms with Crippen LogP contribution in [0, 0.1) is 5.92 Å². The van der Waals surface area contributed by atoms with Crippen molar-refractivity contribution in [2.24, 2.45) is 5.92 Å². The zero-order chi connectivity index (χ0) is 12.8. The van der Waals surface area contributed by atoms with Crippen molar-refractivity contribution in [2.75, 3.05) is 26.7 Å². The average molecular weight is 244 g/mol. The first-order valence-electron chi connectivity index (χ1n) is 5.83. The number of nitrogens with one attached hydrogen (secondary N) is 1. The maximum Gasteiger partial charge on any atom is 0.317 e. The molecular formula is C11H20N2O4. The number of hydrogen-bond donors (Lipinski definition) is 2. The second-order valence-electron chi connectivity index (χ2n) is 4.36. The van der Waals surface area contributed by atoms with E-state index in [0.29, 0.717) is 26.1 Å². The van der Waals surface area contributed by atoms with Gasteiger partial charge in [0.2, 0.25) is 0 Å². The fourth-order valence-electron chi connectivity index (χ4n) is 1.79. The normalized spacial score (nSPS) is 22.0. The van der Waals surface area contributed by atoms with Crippen LogP contribution in [0.4, 0.5) is 4.79 Å². The van der Waals surface area contributed by atoms with Gasteiger partial charge in [0.15, 0.2) is 0 Å². The molecule has 0 spiro atoms. The monoisotopic (exact) mass is 244 g/mol. The van der Waals surface area contributed by atoms with Crippen molar-refractivity contribution in [3.63, 3.8) is 0 Å². The van der Waals surface area contributed by atoms with Crippen molar-refractivity contribution >= 4 is 12.0 Å². The molecule has 0 saturated carbocycles. The van der Waals surface area contributed by atoms with Crippen molar-refractivity contribution < 1.29 is 19.4 Å². The Morgan fingerprint density at radius 2 is 2.29 bits per heavy atom. The molecule has 0 aromatic rings. The van der Waals surface area contributed by atoms with Crippen molar-refractivity contribution in [1.29, 1.82) is 0 Å². The Kier molecular flexibility index (Phi) is 5.21. The lowest BCUT2D eigenvalue weighted by atomic mass is 9.99. The van der Waals surface area contributed by atoms with Crippen LogP contribution >= 0.6 is 0 Å². The summed E-state index contributed by atoms with van der Waals surface area (Å²) >= 11 is 0. The van der Waals surface area contributed by atoms with Crippen molar-refractivity contribution in [1.82, 2.24) is 10.2 Å². The predicted octanol–water partition coefficient (Wildman–Crippen LogP) is 0.527. The molecule has 0 aliphatic carbocycles. The Hall–Kier alpha value is -1.30. The predicted molar refractivity (Wildman–Crippen MR) is 61.8 cm³/mol. The van der Waals surface area contributed by atoms with E-state index in [1.54, 1.807) is 12.0 Å². The molecule has 1 unspecified atom stereocenters. The van der Waals surface area contributed by atoms with Crippen LogP contribution in [0.25, 0.3) is 0 Å². The summed E-state index contributed by atoms with van der Waals surface area (Å²) < 4.78 is 5.02. The summed E-state index contributed by atoms with van der Waals surface area (Å²) in [6.07, 6.45) is 1.34. The minimum absolute atomic E-state index is 0.0426. The number of ether oxygens (including phenoxy) is 1. The van der Waals surface area contributed by atoms with Gasteiger partial charge in [0, 0.05) is 26.7 Å². The third-order valence-electron chi connectivity index (χ3n) is 3.00. The van der Waals surface area contributed by atoms with Crippen molar-refractivity contribution in [2.45, 2.75) is 25.9 Å². The number of rotatable bonds is 4. The number of hydrogen-bond acceptors (Lipinski definition) is 3. The molecule has 6 heteroatoms. The van der Waals surface area contributed by atoms with E-state index in [-0.39, 0.29) is 12.1 Å². The molecule has 0 aromatic carbocycles. The molecule has 1 heterocycles. The summed E-state index contributed by atoms with van der Waals surface area (Å²) in [4.78, 5) is 24.2. The number of methoxy groups -OCH3 is 1. The Labute approximate surface area is 101 Å². The molecule has 0 bridgehead atoms. The molecule has 98 valence electrons. The van der Waals surface area contributed by atoms with Crippen LogP contribution in [-0.4, -0.2) is 54.9 Å². The quantitative estimate of drug-likeness (QED) is 0.756. The van der Waals surface area contributed by atoms with E-state index >= 15 is 0 Å². The number of aliphatic carboxylic acids is 1. The lowest BCUT2D eigenvalue weighted by Crippen LogP contribution is -2.48. The molecule has 0 radical (unpaired) electrons. The summed E-state index contributed by atoms with van der Waals surface area (Å²) in [5.74, 6) is -1.26. The van der Waals surface area contributed by atoms with Crippen molar-refractivity contribution in [3.8, 4) is 0 Å². The van der Waals surface area contributed by atoms with Gasteiger partial charge in [-0.15, -0.1) is 0 Å². The number of carbonyl (C=O) groups excluding carboxylic acids is 1. The Morgan fingerprint density at radius 3 is 2.88 bits per heavy atom. The SMILES string of the molecule is COC(C)CNC(=O)N1CCC[C@H](C(=O)O)C1. The first-order valence-corrected chi connectivity index (χ1v) is 5.83. The van der Waals surface area contributed by atoms with Crippen LogP contribution in [0.1, 0.15) is 19.8 Å². The van der Waals surface area contributed by atoms with Gasteiger partial charge in [-0.05, 0) is 19.8 Å². The van der Waals surface area contributed by atoms with Crippen LogP contribution in [0.3, 0.4) is 0 Å². The zero-order valence-corrected chi connectivity index (χ0v) is 10.3. The summed E-state index contributed by atoms with van der Waals surface area (Å²) in [5.41, 5.74) is 0. The Morgan fingerprint density at radius 1 is 1.59 bits per heavy atom. The molecule has 2 atom stereocenters. The first-order chi connectivity index (χ1) is 8.04. The number of piperidine rings is 1. The first kappa shape index (κ1) is 13.8. The molecule has 1 rings (SSSR count). The Balaban J connectivity index is 2.38. The van der Waals surface area contributed by atoms with Gasteiger partial charge in [-0.25, -0.2) is 4.79 Å². The summed E-state index contributed by atoms with van der Waals surface area (Å²) in [7, 11) is 1.58. The van der Waals surface area contributed by atoms with E-state index < -0.39 is 11.9 Å². The second kappa shape index (κ2) is 6.44. The molecule has 1 aliphatic rings. The highest BCUT2D eigenvalue weighted by Crippen LogP contribution is 2.16. The number of carbonyl (C=O) groups is 2. The Bertz CT molecular complexity index is 283. The lowest BCUT2D eigenvalue weighted by Gasteiger charge is -2.31. The average Bonchev–Trinajstić information content (AvgIpc) is 2.35. The number of nitrogens with zero attached hydrogens (tertiary/aromatic N) is 1. The highest BCUT2D eigenvalue weighted by molar-refractivity contribution is 5.76.